The van der Waals surface area contributed by atoms with Gasteiger partial charge in [0.25, 0.3) is 0 Å². The minimum absolute atomic E-state index is 0.0177. The zero-order valence-corrected chi connectivity index (χ0v) is 17.5. The molecule has 0 aliphatic carbocycles. The summed E-state index contributed by atoms with van der Waals surface area (Å²) in [4.78, 5) is 12.3. The number of nitrogens with zero attached hydrogens (tertiary/aromatic N) is 3. The molecule has 1 heterocycles. The van der Waals surface area contributed by atoms with Gasteiger partial charge < -0.3 is 5.32 Å². The van der Waals surface area contributed by atoms with Crippen molar-refractivity contribution in [3.05, 3.63) is 71.0 Å². The smallest absolute Gasteiger partial charge is 0.230 e. The van der Waals surface area contributed by atoms with Gasteiger partial charge >= 0.3 is 0 Å². The van der Waals surface area contributed by atoms with Crippen molar-refractivity contribution >= 4 is 29.3 Å². The molecule has 0 spiro atoms. The Hall–Kier alpha value is -2.31. The molecule has 28 heavy (non-hydrogen) atoms. The first kappa shape index (κ1) is 20.4. The van der Waals surface area contributed by atoms with Gasteiger partial charge in [-0.1, -0.05) is 66.7 Å². The van der Waals surface area contributed by atoms with Crippen LogP contribution in [0.1, 0.15) is 30.4 Å². The van der Waals surface area contributed by atoms with Gasteiger partial charge in [0.2, 0.25) is 5.91 Å². The number of nitrogens with one attached hydrogen (secondary N) is 1. The van der Waals surface area contributed by atoms with E-state index in [0.29, 0.717) is 22.6 Å². The van der Waals surface area contributed by atoms with Crippen molar-refractivity contribution in [1.29, 1.82) is 0 Å². The van der Waals surface area contributed by atoms with Crippen LogP contribution in [0.4, 0.5) is 0 Å². The lowest BCUT2D eigenvalue weighted by atomic mass is 9.96. The number of halogens is 1. The van der Waals surface area contributed by atoms with Crippen LogP contribution in [-0.2, 0) is 4.79 Å². The summed E-state index contributed by atoms with van der Waals surface area (Å²) in [7, 11) is 0. The second-order valence-electron chi connectivity index (χ2n) is 6.53. The molecule has 1 aromatic heterocycles. The van der Waals surface area contributed by atoms with Gasteiger partial charge in [-0.3, -0.25) is 9.36 Å². The van der Waals surface area contributed by atoms with Crippen LogP contribution in [0.2, 0.25) is 5.02 Å². The van der Waals surface area contributed by atoms with E-state index in [4.69, 9.17) is 11.6 Å². The van der Waals surface area contributed by atoms with Crippen molar-refractivity contribution < 1.29 is 4.79 Å². The van der Waals surface area contributed by atoms with Gasteiger partial charge in [-0.25, -0.2) is 0 Å². The van der Waals surface area contributed by atoms with E-state index >= 15 is 0 Å². The average molecular weight is 415 g/mol. The topological polar surface area (TPSA) is 59.8 Å². The Morgan fingerprint density at radius 2 is 2.04 bits per heavy atom. The van der Waals surface area contributed by atoms with Gasteiger partial charge in [0.15, 0.2) is 5.16 Å². The Kier molecular flexibility index (Phi) is 7.12. The summed E-state index contributed by atoms with van der Waals surface area (Å²) in [5.41, 5.74) is 3.13. The van der Waals surface area contributed by atoms with Crippen LogP contribution >= 0.6 is 23.4 Å². The quantitative estimate of drug-likeness (QED) is 0.546. The van der Waals surface area contributed by atoms with Gasteiger partial charge in [0.05, 0.1) is 11.4 Å². The molecule has 0 aliphatic heterocycles. The Morgan fingerprint density at radius 3 is 2.75 bits per heavy atom. The number of amides is 1. The molecule has 3 aromatic rings. The maximum atomic E-state index is 12.3. The Bertz CT molecular complexity index is 929. The summed E-state index contributed by atoms with van der Waals surface area (Å²) < 4.78 is 1.84. The van der Waals surface area contributed by atoms with Crippen LogP contribution in [0.15, 0.2) is 60.0 Å². The van der Waals surface area contributed by atoms with E-state index in [2.05, 4.69) is 34.6 Å². The van der Waals surface area contributed by atoms with Crippen LogP contribution in [-0.4, -0.2) is 33.0 Å². The minimum atomic E-state index is -0.0177. The highest BCUT2D eigenvalue weighted by atomic mass is 35.5. The van der Waals surface area contributed by atoms with E-state index in [1.54, 1.807) is 6.33 Å². The van der Waals surface area contributed by atoms with Gasteiger partial charge in [-0.2, -0.15) is 0 Å². The predicted molar refractivity (Wildman–Crippen MR) is 114 cm³/mol. The molecule has 2 aromatic carbocycles. The summed E-state index contributed by atoms with van der Waals surface area (Å²) in [5.74, 6) is 0.577. The predicted octanol–water partition coefficient (Wildman–Crippen LogP) is 4.63. The first-order valence-corrected chi connectivity index (χ1v) is 10.6. The Labute approximate surface area is 174 Å². The summed E-state index contributed by atoms with van der Waals surface area (Å²) in [6.45, 7) is 4.71. The first-order valence-electron chi connectivity index (χ1n) is 9.19. The van der Waals surface area contributed by atoms with Crippen LogP contribution in [0, 0.1) is 6.92 Å². The molecule has 146 valence electrons. The zero-order chi connectivity index (χ0) is 19.9. The number of thioether (sulfide) groups is 1. The highest BCUT2D eigenvalue weighted by molar-refractivity contribution is 7.99. The second-order valence-corrected chi connectivity index (χ2v) is 7.88. The molecule has 0 aliphatic rings. The number of aromatic nitrogens is 3. The lowest BCUT2D eigenvalue weighted by Crippen LogP contribution is -2.29. The monoisotopic (exact) mass is 414 g/mol. The molecule has 1 N–H and O–H groups in total. The molecular weight excluding hydrogens is 392 g/mol. The van der Waals surface area contributed by atoms with Crippen LogP contribution in [0.3, 0.4) is 0 Å². The third-order valence-corrected chi connectivity index (χ3v) is 5.94. The summed E-state index contributed by atoms with van der Waals surface area (Å²) in [6, 6.07) is 16.0. The lowest BCUT2D eigenvalue weighted by molar-refractivity contribution is -0.118. The van der Waals surface area contributed by atoms with Crippen molar-refractivity contribution in [2.24, 2.45) is 0 Å². The standard InChI is InChI=1S/C21H23ClN4OS/c1-3-16(17-7-5-4-6-8-17)12-23-20(27)13-28-21-25-24-14-26(21)18-10-9-15(2)19(22)11-18/h4-11,14,16H,3,12-13H2,1-2H3,(H,23,27). The third kappa shape index (κ3) is 5.14. The van der Waals surface area contributed by atoms with Gasteiger partial charge in [-0.15, -0.1) is 10.2 Å². The summed E-state index contributed by atoms with van der Waals surface area (Å²) in [5, 5.41) is 12.5. The fourth-order valence-corrected chi connectivity index (χ4v) is 3.81. The van der Waals surface area contributed by atoms with E-state index in [9.17, 15) is 4.79 Å². The second kappa shape index (κ2) is 9.75. The molecule has 1 unspecified atom stereocenters. The average Bonchev–Trinajstić information content (AvgIpc) is 3.18. The van der Waals surface area contributed by atoms with Gasteiger partial charge in [0.1, 0.15) is 6.33 Å². The molecule has 1 amide bonds. The fraction of sp³-hybridized carbons (Fsp3) is 0.286. The molecule has 0 bridgehead atoms. The maximum absolute atomic E-state index is 12.3. The molecule has 0 fully saturated rings. The van der Waals surface area contributed by atoms with Crippen LogP contribution in [0.25, 0.3) is 5.69 Å². The Morgan fingerprint density at radius 1 is 1.25 bits per heavy atom. The first-order chi connectivity index (χ1) is 13.6. The molecule has 0 radical (unpaired) electrons. The van der Waals surface area contributed by atoms with E-state index < -0.39 is 0 Å². The maximum Gasteiger partial charge on any atom is 0.230 e. The number of carbonyl (C=O) groups is 1. The number of hydrogen-bond acceptors (Lipinski definition) is 4. The highest BCUT2D eigenvalue weighted by Gasteiger charge is 2.13. The molecule has 3 rings (SSSR count). The van der Waals surface area contributed by atoms with E-state index in [1.807, 2.05) is 47.9 Å². The number of aryl methyl sites for hydroxylation is 1. The molecule has 7 heteroatoms. The number of carbonyl (C=O) groups excluding carboxylic acids is 1. The zero-order valence-electron chi connectivity index (χ0n) is 15.9. The van der Waals surface area contributed by atoms with Gasteiger partial charge in [0, 0.05) is 17.5 Å². The van der Waals surface area contributed by atoms with Crippen LogP contribution < -0.4 is 5.32 Å². The van der Waals surface area contributed by atoms with E-state index in [1.165, 1.54) is 17.3 Å². The molecule has 5 nitrogen and oxygen atoms in total. The number of benzene rings is 2. The molecular formula is C21H23ClN4OS. The van der Waals surface area contributed by atoms with Gasteiger partial charge in [-0.05, 0) is 36.6 Å². The molecule has 1 atom stereocenters. The SMILES string of the molecule is CCC(CNC(=O)CSc1nncn1-c1ccc(C)c(Cl)c1)c1ccccc1. The Balaban J connectivity index is 1.57. The largest absolute Gasteiger partial charge is 0.355 e. The minimum Gasteiger partial charge on any atom is -0.355 e. The highest BCUT2D eigenvalue weighted by Crippen LogP contribution is 2.24. The molecule has 0 saturated carbocycles. The van der Waals surface area contributed by atoms with Crippen molar-refractivity contribution in [3.8, 4) is 5.69 Å². The summed E-state index contributed by atoms with van der Waals surface area (Å²) in [6.07, 6.45) is 2.60. The van der Waals surface area contributed by atoms with Crippen molar-refractivity contribution in [2.45, 2.75) is 31.3 Å². The normalized spacial score (nSPS) is 12.0. The van der Waals surface area contributed by atoms with Crippen molar-refractivity contribution in [2.75, 3.05) is 12.3 Å². The van der Waals surface area contributed by atoms with Crippen molar-refractivity contribution in [1.82, 2.24) is 20.1 Å². The summed E-state index contributed by atoms with van der Waals surface area (Å²) >= 11 is 7.58. The lowest BCUT2D eigenvalue weighted by Gasteiger charge is -2.16. The number of hydrogen-bond donors (Lipinski definition) is 1. The van der Waals surface area contributed by atoms with Crippen molar-refractivity contribution in [3.63, 3.8) is 0 Å². The van der Waals surface area contributed by atoms with Crippen LogP contribution in [0.5, 0.6) is 0 Å². The number of rotatable bonds is 8. The molecule has 0 saturated heterocycles. The van der Waals surface area contributed by atoms with E-state index in [-0.39, 0.29) is 11.7 Å². The van der Waals surface area contributed by atoms with E-state index in [0.717, 1.165) is 17.7 Å². The fourth-order valence-electron chi connectivity index (χ4n) is 2.87. The third-order valence-electron chi connectivity index (χ3n) is 4.59.